The van der Waals surface area contributed by atoms with E-state index < -0.39 is 54.4 Å². The largest absolute Gasteiger partial charge is 0.573 e. The van der Waals surface area contributed by atoms with E-state index in [1.165, 1.54) is 6.07 Å². The van der Waals surface area contributed by atoms with Crippen molar-refractivity contribution in [2.75, 3.05) is 0 Å². The van der Waals surface area contributed by atoms with Crippen LogP contribution in [0.15, 0.2) is 65.1 Å². The second kappa shape index (κ2) is 5.06. The van der Waals surface area contributed by atoms with E-state index in [1.807, 2.05) is 0 Å². The molecular weight excluding hydrogens is 296 g/mol. The summed E-state index contributed by atoms with van der Waals surface area (Å²) in [7, 11) is 0. The van der Waals surface area contributed by atoms with E-state index in [1.54, 1.807) is 0 Å². The summed E-state index contributed by atoms with van der Waals surface area (Å²) in [5.74, 6) is 0. The van der Waals surface area contributed by atoms with Crippen LogP contribution < -0.4 is 21.4 Å². The van der Waals surface area contributed by atoms with Crippen molar-refractivity contribution in [1.82, 2.24) is 9.97 Å². The number of aromatic nitrogens is 2. The predicted octanol–water partition coefficient (Wildman–Crippen LogP) is 0.876. The minimum absolute atomic E-state index is 0.0847. The van der Waals surface area contributed by atoms with E-state index in [-0.39, 0.29) is 56.6 Å². The van der Waals surface area contributed by atoms with Crippen molar-refractivity contribution < 1.29 is 15.1 Å². The Hall–Kier alpha value is -3.40. The van der Waals surface area contributed by atoms with Crippen LogP contribution in [0.3, 0.4) is 0 Å². The van der Waals surface area contributed by atoms with Gasteiger partial charge in [-0.05, 0) is 60.1 Å². The van der Waals surface area contributed by atoms with Gasteiger partial charge in [0.05, 0.1) is 35.8 Å². The Morgan fingerprint density at radius 1 is 1.00 bits per heavy atom. The van der Waals surface area contributed by atoms with Crippen molar-refractivity contribution >= 4 is 29.2 Å². The van der Waals surface area contributed by atoms with Gasteiger partial charge in [-0.1, -0.05) is 0 Å². The van der Waals surface area contributed by atoms with Crippen LogP contribution in [0.1, 0.15) is 15.1 Å². The Morgan fingerprint density at radius 3 is 2.79 bits per heavy atom. The molecule has 2 aromatic rings. The topological polar surface area (TPSA) is 58.0 Å². The van der Waals surface area contributed by atoms with Gasteiger partial charge in [-0.15, -0.1) is 0 Å². The molecule has 2 N–H and O–H groups in total. The van der Waals surface area contributed by atoms with Gasteiger partial charge in [-0.2, -0.15) is 0 Å². The number of hydrogen-bond donors (Lipinski definition) is 2. The molecule has 0 saturated carbocycles. The average Bonchev–Trinajstić information content (AvgIpc) is 3.52. The molecule has 0 aromatic carbocycles. The maximum Gasteiger partial charge on any atom is 0.151 e. The van der Waals surface area contributed by atoms with E-state index in [9.17, 15) is 0 Å². The number of allylic oxidation sites excluding steroid dienone is 3. The molecule has 0 atom stereocenters. The monoisotopic (exact) mass is 321 g/mol. The summed E-state index contributed by atoms with van der Waals surface area (Å²) in [6, 6.07) is -3.54. The third kappa shape index (κ3) is 2.25. The number of nitrogens with zero attached hydrogens (tertiary/aromatic N) is 2. The van der Waals surface area contributed by atoms with Gasteiger partial charge in [0.25, 0.3) is 0 Å². The summed E-state index contributed by atoms with van der Waals surface area (Å²) in [6.45, 7) is 0. The van der Waals surface area contributed by atoms with Gasteiger partial charge in [-0.25, -0.2) is 4.99 Å². The van der Waals surface area contributed by atoms with Crippen LogP contribution in [0.2, 0.25) is 0 Å². The smallest absolute Gasteiger partial charge is 0.151 e. The zero-order valence-corrected chi connectivity index (χ0v) is 12.0. The molecule has 8 bridgehead atoms. The molecular formula is C20H14N4. The van der Waals surface area contributed by atoms with Gasteiger partial charge in [0.2, 0.25) is 0 Å². The zero-order chi connectivity index (χ0) is 25.5. The molecule has 0 saturated heterocycles. The average molecular weight is 321 g/mol. The minimum Gasteiger partial charge on any atom is -0.573 e. The lowest BCUT2D eigenvalue weighted by Gasteiger charge is -2.08. The van der Waals surface area contributed by atoms with E-state index in [4.69, 9.17) is 15.1 Å². The summed E-state index contributed by atoms with van der Waals surface area (Å²) < 4.78 is 91.4. The Kier molecular flexibility index (Phi) is 1.32. The lowest BCUT2D eigenvalue weighted by molar-refractivity contribution is 1.25. The van der Waals surface area contributed by atoms with E-state index in [0.717, 1.165) is 0 Å². The Morgan fingerprint density at radius 2 is 1.83 bits per heavy atom. The van der Waals surface area contributed by atoms with E-state index in [0.29, 0.717) is 0 Å². The standard InChI is InChI=1S/C20H14N4/c1-2-14-6-10-19(22-14)20-12-8-16(24-20)4-3-15-7-11-18(23-15)17-9-5-13(1)21-17/h1-12,21-22H/i1D,2D,3D,4D,5D,6D,7D,8D,9D,11D,12D. The SMILES string of the molecule is [2H]C1=C([2H])C2=C([2H])[C+]([2H])C(=c3cc([2H])c([nH]3)=C([2H])C([2H])=c3[nH]c(c([2H])c3[2H])=C3N=C1C([2H])=C3[2H])[N-]2. The highest BCUT2D eigenvalue weighted by Crippen LogP contribution is 2.27. The van der Waals surface area contributed by atoms with Crippen LogP contribution in [-0.4, -0.2) is 15.7 Å². The molecule has 4 heteroatoms. The molecule has 3 aliphatic rings. The number of rotatable bonds is 0. The van der Waals surface area contributed by atoms with Crippen molar-refractivity contribution in [3.05, 3.63) is 93.3 Å². The number of aliphatic imine (C=N–C) groups is 1. The maximum absolute atomic E-state index is 8.44. The quantitative estimate of drug-likeness (QED) is 0.677. The first-order valence-electron chi connectivity index (χ1n) is 12.5. The first-order valence-corrected chi connectivity index (χ1v) is 6.97. The fraction of sp³-hybridized carbons (Fsp3) is 0. The van der Waals surface area contributed by atoms with Gasteiger partial charge in [0.1, 0.15) is 5.35 Å². The van der Waals surface area contributed by atoms with Crippen LogP contribution in [0.4, 0.5) is 0 Å². The molecule has 5 rings (SSSR count). The van der Waals surface area contributed by atoms with Crippen LogP contribution >= 0.6 is 0 Å². The van der Waals surface area contributed by atoms with Gasteiger partial charge in [0.15, 0.2) is 1.37 Å². The molecule has 0 radical (unpaired) electrons. The van der Waals surface area contributed by atoms with Crippen LogP contribution in [0.25, 0.3) is 28.8 Å². The highest BCUT2D eigenvalue weighted by molar-refractivity contribution is 6.10. The van der Waals surface area contributed by atoms with E-state index in [2.05, 4.69) is 20.3 Å². The fourth-order valence-electron chi connectivity index (χ4n) is 2.22. The third-order valence-electron chi connectivity index (χ3n) is 3.33. The van der Waals surface area contributed by atoms with Crippen molar-refractivity contribution in [2.45, 2.75) is 0 Å². The lowest BCUT2D eigenvalue weighted by Crippen LogP contribution is -2.13. The summed E-state index contributed by atoms with van der Waals surface area (Å²) in [6.07, 6.45) is -0.388. The van der Waals surface area contributed by atoms with Crippen LogP contribution in [0.5, 0.6) is 0 Å². The summed E-state index contributed by atoms with van der Waals surface area (Å²) in [5, 5.41) is 3.70. The van der Waals surface area contributed by atoms with Gasteiger partial charge >= 0.3 is 0 Å². The molecule has 3 aliphatic heterocycles. The normalized spacial score (nSPS) is 27.4. The minimum atomic E-state index is -0.619. The van der Waals surface area contributed by atoms with Crippen molar-refractivity contribution in [2.24, 2.45) is 4.99 Å². The lowest BCUT2D eigenvalue weighted by atomic mass is 10.3. The number of aromatic amines is 2. The first-order chi connectivity index (χ1) is 16.4. The molecule has 2 aromatic heterocycles. The second-order valence-electron chi connectivity index (χ2n) is 4.95. The molecule has 0 fully saturated rings. The van der Waals surface area contributed by atoms with E-state index >= 15 is 0 Å². The van der Waals surface area contributed by atoms with Crippen LogP contribution in [0, 0.1) is 6.40 Å². The molecule has 0 aliphatic carbocycles. The molecule has 24 heavy (non-hydrogen) atoms. The Bertz CT molecular complexity index is 1730. The zero-order valence-electron chi connectivity index (χ0n) is 23.0. The summed E-state index contributed by atoms with van der Waals surface area (Å²) >= 11 is 0. The second-order valence-corrected chi connectivity index (χ2v) is 4.95. The molecule has 0 spiro atoms. The fourth-order valence-corrected chi connectivity index (χ4v) is 2.22. The predicted molar refractivity (Wildman–Crippen MR) is 97.3 cm³/mol. The molecule has 114 valence electrons. The number of nitrogens with one attached hydrogen (secondary N) is 2. The third-order valence-corrected chi connectivity index (χ3v) is 3.33. The molecule has 4 nitrogen and oxygen atoms in total. The van der Waals surface area contributed by atoms with Gasteiger partial charge < -0.3 is 15.3 Å². The van der Waals surface area contributed by atoms with Crippen molar-refractivity contribution in [3.8, 4) is 0 Å². The van der Waals surface area contributed by atoms with Crippen molar-refractivity contribution in [3.63, 3.8) is 0 Å². The van der Waals surface area contributed by atoms with Gasteiger partial charge in [-0.3, -0.25) is 0 Å². The summed E-state index contributed by atoms with van der Waals surface area (Å²) in [5.41, 5.74) is -1.06. The van der Waals surface area contributed by atoms with Crippen molar-refractivity contribution in [1.29, 1.82) is 0 Å². The molecule has 0 unspecified atom stereocenters. The highest BCUT2D eigenvalue weighted by atomic mass is 14.9. The Balaban J connectivity index is 2.02. The van der Waals surface area contributed by atoms with Gasteiger partial charge in [0, 0.05) is 29.6 Å². The summed E-state index contributed by atoms with van der Waals surface area (Å²) in [4.78, 5) is 9.51. The number of H-pyrrole nitrogens is 2. The number of hydrogen-bond acceptors (Lipinski definition) is 1. The first kappa shape index (κ1) is 6.24. The van der Waals surface area contributed by atoms with Crippen LogP contribution in [-0.2, 0) is 0 Å². The maximum atomic E-state index is 8.44. The Labute approximate surface area is 153 Å². The molecule has 5 heterocycles. The number of fused-ring (bicyclic) bond motifs is 7. The highest BCUT2D eigenvalue weighted by Gasteiger charge is 2.07. The molecule has 0 amide bonds.